The third-order valence-corrected chi connectivity index (χ3v) is 1.63. The minimum Gasteiger partial charge on any atom is -0.480 e. The number of carbonyl (C=O) groups is 2. The summed E-state index contributed by atoms with van der Waals surface area (Å²) in [5.74, 6) is -0.689. The first-order chi connectivity index (χ1) is 5.93. The molecule has 0 unspecified atom stereocenters. The van der Waals surface area contributed by atoms with Gasteiger partial charge in [0, 0.05) is 0 Å². The molecule has 0 saturated heterocycles. The second-order valence-corrected chi connectivity index (χ2v) is 3.68. The van der Waals surface area contributed by atoms with Crippen molar-refractivity contribution in [2.24, 2.45) is 5.92 Å². The van der Waals surface area contributed by atoms with Crippen LogP contribution in [0.15, 0.2) is 0 Å². The average Bonchev–Trinajstić information content (AvgIpc) is 1.96. The van der Waals surface area contributed by atoms with E-state index in [9.17, 15) is 9.59 Å². The van der Waals surface area contributed by atoms with Crippen molar-refractivity contribution in [2.45, 2.75) is 26.3 Å². The normalized spacial score (nSPS) is 12.9. The predicted octanol–water partition coefficient (Wildman–Crippen LogP) is 0.841. The van der Waals surface area contributed by atoms with E-state index in [1.807, 2.05) is 13.8 Å². The Hall–Kier alpha value is -0.610. The quantitative estimate of drug-likeness (QED) is 0.634. The summed E-state index contributed by atoms with van der Waals surface area (Å²) in [5, 5.41) is 10.7. The molecule has 0 saturated carbocycles. The van der Waals surface area contributed by atoms with E-state index in [1.54, 1.807) is 0 Å². The fourth-order valence-electron chi connectivity index (χ4n) is 0.946. The molecule has 2 N–H and O–H groups in total. The third-order valence-electron chi connectivity index (χ3n) is 1.49. The van der Waals surface area contributed by atoms with Crippen LogP contribution in [0.4, 0.5) is 0 Å². The number of carboxylic acids is 1. The zero-order chi connectivity index (χ0) is 10.4. The first kappa shape index (κ1) is 12.4. The molecular weight excluding hydrogens is 194 g/mol. The minimum atomic E-state index is -0.952. The summed E-state index contributed by atoms with van der Waals surface area (Å²) in [6, 6.07) is -0.692. The van der Waals surface area contributed by atoms with Gasteiger partial charge in [-0.05, 0) is 23.9 Å². The van der Waals surface area contributed by atoms with E-state index in [2.05, 4.69) is 5.32 Å². The third kappa shape index (κ3) is 6.54. The SMILES string of the molecule is CC(C)C[C@H](NCC(=O)Cl)C(=O)O. The lowest BCUT2D eigenvalue weighted by Gasteiger charge is -2.14. The van der Waals surface area contributed by atoms with Crippen LogP contribution in [-0.4, -0.2) is 28.9 Å². The fraction of sp³-hybridized carbons (Fsp3) is 0.750. The van der Waals surface area contributed by atoms with Gasteiger partial charge < -0.3 is 5.11 Å². The topological polar surface area (TPSA) is 66.4 Å². The van der Waals surface area contributed by atoms with E-state index in [-0.39, 0.29) is 12.5 Å². The Morgan fingerprint density at radius 2 is 2.00 bits per heavy atom. The van der Waals surface area contributed by atoms with E-state index in [0.717, 1.165) is 0 Å². The molecule has 0 amide bonds. The summed E-state index contributed by atoms with van der Waals surface area (Å²) < 4.78 is 0. The lowest BCUT2D eigenvalue weighted by atomic mass is 10.0. The lowest BCUT2D eigenvalue weighted by Crippen LogP contribution is -2.39. The van der Waals surface area contributed by atoms with E-state index >= 15 is 0 Å². The van der Waals surface area contributed by atoms with E-state index in [0.29, 0.717) is 6.42 Å². The van der Waals surface area contributed by atoms with Gasteiger partial charge in [0.05, 0.1) is 6.54 Å². The van der Waals surface area contributed by atoms with Crippen LogP contribution in [0.2, 0.25) is 0 Å². The van der Waals surface area contributed by atoms with E-state index < -0.39 is 17.3 Å². The molecule has 0 aromatic carbocycles. The van der Waals surface area contributed by atoms with Crippen molar-refractivity contribution in [3.8, 4) is 0 Å². The molecule has 0 rings (SSSR count). The van der Waals surface area contributed by atoms with Crippen molar-refractivity contribution >= 4 is 22.8 Å². The highest BCUT2D eigenvalue weighted by Gasteiger charge is 2.18. The number of aliphatic carboxylic acids is 1. The number of halogens is 1. The molecule has 76 valence electrons. The standard InChI is InChI=1S/C8H14ClNO3/c1-5(2)3-6(8(12)13)10-4-7(9)11/h5-6,10H,3-4H2,1-2H3,(H,12,13)/t6-/m0/s1. The van der Waals surface area contributed by atoms with Crippen LogP contribution in [0.3, 0.4) is 0 Å². The number of nitrogens with one attached hydrogen (secondary N) is 1. The van der Waals surface area contributed by atoms with Gasteiger partial charge in [0.2, 0.25) is 5.24 Å². The Labute approximate surface area is 82.3 Å². The van der Waals surface area contributed by atoms with Crippen LogP contribution in [0.1, 0.15) is 20.3 Å². The number of rotatable bonds is 6. The van der Waals surface area contributed by atoms with Crippen molar-refractivity contribution in [3.05, 3.63) is 0 Å². The number of carboxylic acid groups (broad SMARTS) is 1. The summed E-state index contributed by atoms with van der Waals surface area (Å²) in [5.41, 5.74) is 0. The maximum atomic E-state index is 10.6. The Morgan fingerprint density at radius 3 is 2.31 bits per heavy atom. The van der Waals surface area contributed by atoms with E-state index in [1.165, 1.54) is 0 Å². The summed E-state index contributed by atoms with van der Waals surface area (Å²) in [6.07, 6.45) is 0.486. The van der Waals surface area contributed by atoms with Crippen molar-refractivity contribution in [2.75, 3.05) is 6.54 Å². The molecule has 0 aromatic heterocycles. The van der Waals surface area contributed by atoms with Crippen molar-refractivity contribution in [3.63, 3.8) is 0 Å². The molecule has 5 heteroatoms. The molecule has 0 spiro atoms. The van der Waals surface area contributed by atoms with Crippen LogP contribution in [0.5, 0.6) is 0 Å². The number of hydrogen-bond acceptors (Lipinski definition) is 3. The Bertz CT molecular complexity index is 194. The molecular formula is C8H14ClNO3. The van der Waals surface area contributed by atoms with Crippen molar-refractivity contribution in [1.29, 1.82) is 0 Å². The molecule has 0 radical (unpaired) electrons. The molecule has 0 aliphatic heterocycles. The zero-order valence-corrected chi connectivity index (χ0v) is 8.47. The van der Waals surface area contributed by atoms with Crippen LogP contribution in [0.25, 0.3) is 0 Å². The minimum absolute atomic E-state index is 0.106. The van der Waals surface area contributed by atoms with Crippen LogP contribution in [0, 0.1) is 5.92 Å². The van der Waals surface area contributed by atoms with Crippen LogP contribution in [-0.2, 0) is 9.59 Å². The molecule has 4 nitrogen and oxygen atoms in total. The van der Waals surface area contributed by atoms with Gasteiger partial charge in [-0.15, -0.1) is 0 Å². The van der Waals surface area contributed by atoms with Crippen LogP contribution >= 0.6 is 11.6 Å². The molecule has 0 aliphatic carbocycles. The van der Waals surface area contributed by atoms with Gasteiger partial charge in [0.1, 0.15) is 6.04 Å². The molecule has 0 aromatic rings. The maximum Gasteiger partial charge on any atom is 0.320 e. The van der Waals surface area contributed by atoms with E-state index in [4.69, 9.17) is 16.7 Å². The zero-order valence-electron chi connectivity index (χ0n) is 7.71. The van der Waals surface area contributed by atoms with Crippen LogP contribution < -0.4 is 5.32 Å². The van der Waals surface area contributed by atoms with Gasteiger partial charge in [-0.2, -0.15) is 0 Å². The van der Waals surface area contributed by atoms with Gasteiger partial charge >= 0.3 is 5.97 Å². The van der Waals surface area contributed by atoms with Crippen molar-refractivity contribution < 1.29 is 14.7 Å². The Morgan fingerprint density at radius 1 is 1.46 bits per heavy atom. The fourth-order valence-corrected chi connectivity index (χ4v) is 1.02. The van der Waals surface area contributed by atoms with Gasteiger partial charge in [0.25, 0.3) is 0 Å². The molecule has 13 heavy (non-hydrogen) atoms. The largest absolute Gasteiger partial charge is 0.480 e. The number of hydrogen-bond donors (Lipinski definition) is 2. The monoisotopic (exact) mass is 207 g/mol. The first-order valence-corrected chi connectivity index (χ1v) is 4.45. The highest BCUT2D eigenvalue weighted by Crippen LogP contribution is 2.04. The van der Waals surface area contributed by atoms with Gasteiger partial charge in [0.15, 0.2) is 0 Å². The molecule has 0 bridgehead atoms. The lowest BCUT2D eigenvalue weighted by molar-refractivity contribution is -0.139. The summed E-state index contributed by atoms with van der Waals surface area (Å²) >= 11 is 5.07. The second kappa shape index (κ2) is 5.94. The number of carbonyl (C=O) groups excluding carboxylic acids is 1. The molecule has 0 fully saturated rings. The summed E-state index contributed by atoms with van der Waals surface area (Å²) in [7, 11) is 0. The smallest absolute Gasteiger partial charge is 0.320 e. The predicted molar refractivity (Wildman–Crippen MR) is 49.7 cm³/mol. The molecule has 1 atom stereocenters. The second-order valence-electron chi connectivity index (χ2n) is 3.26. The first-order valence-electron chi connectivity index (χ1n) is 4.08. The summed E-state index contributed by atoms with van der Waals surface area (Å²) in [6.45, 7) is 3.73. The van der Waals surface area contributed by atoms with Gasteiger partial charge in [-0.1, -0.05) is 13.8 Å². The molecule has 0 heterocycles. The molecule has 0 aliphatic rings. The van der Waals surface area contributed by atoms with Gasteiger partial charge in [-0.3, -0.25) is 14.9 Å². The summed E-state index contributed by atoms with van der Waals surface area (Å²) in [4.78, 5) is 21.0. The van der Waals surface area contributed by atoms with Crippen molar-refractivity contribution in [1.82, 2.24) is 5.32 Å². The maximum absolute atomic E-state index is 10.6. The Balaban J connectivity index is 3.95. The van der Waals surface area contributed by atoms with Gasteiger partial charge in [-0.25, -0.2) is 0 Å². The highest BCUT2D eigenvalue weighted by molar-refractivity contribution is 6.64. The Kier molecular flexibility index (Phi) is 5.66. The average molecular weight is 208 g/mol. The highest BCUT2D eigenvalue weighted by atomic mass is 35.5.